The molecule has 1 aliphatic rings. The van der Waals surface area contributed by atoms with E-state index in [0.717, 1.165) is 25.7 Å². The Labute approximate surface area is 111 Å². The van der Waals surface area contributed by atoms with Crippen LogP contribution in [0.2, 0.25) is 0 Å². The Kier molecular flexibility index (Phi) is 4.08. The highest BCUT2D eigenvalue weighted by Gasteiger charge is 2.22. The maximum Gasteiger partial charge on any atom is 0.287 e. The molecule has 1 aromatic rings. The molecule has 1 aliphatic carbocycles. The van der Waals surface area contributed by atoms with Crippen molar-refractivity contribution in [3.63, 3.8) is 0 Å². The summed E-state index contributed by atoms with van der Waals surface area (Å²) in [6.07, 6.45) is 4.30. The summed E-state index contributed by atoms with van der Waals surface area (Å²) in [6, 6.07) is 3.69. The van der Waals surface area contributed by atoms with Crippen LogP contribution in [0.25, 0.3) is 0 Å². The van der Waals surface area contributed by atoms with Crippen molar-refractivity contribution in [1.82, 2.24) is 5.32 Å². The van der Waals surface area contributed by atoms with E-state index in [1.807, 2.05) is 0 Å². The van der Waals surface area contributed by atoms with Crippen LogP contribution in [0, 0.1) is 0 Å². The highest BCUT2D eigenvalue weighted by Crippen LogP contribution is 2.24. The highest BCUT2D eigenvalue weighted by atomic mass is 79.9. The first-order valence-corrected chi connectivity index (χ1v) is 7.06. The fourth-order valence-electron chi connectivity index (χ4n) is 1.89. The predicted molar refractivity (Wildman–Crippen MR) is 68.8 cm³/mol. The molecule has 0 aromatic carbocycles. The Morgan fingerprint density at radius 1 is 1.31 bits per heavy atom. The van der Waals surface area contributed by atoms with Gasteiger partial charge >= 0.3 is 0 Å². The SMILES string of the molecule is O=C(NC1CCC(Br)CC1)c1ccc(Br)o1. The average Bonchev–Trinajstić information content (AvgIpc) is 2.68. The molecule has 88 valence electrons. The molecule has 1 aromatic heterocycles. The van der Waals surface area contributed by atoms with E-state index in [0.29, 0.717) is 15.3 Å². The molecule has 1 fully saturated rings. The number of halogens is 2. The number of alkyl halides is 1. The molecular weight excluding hydrogens is 338 g/mol. The van der Waals surface area contributed by atoms with Crippen LogP contribution in [-0.4, -0.2) is 16.8 Å². The zero-order chi connectivity index (χ0) is 11.5. The highest BCUT2D eigenvalue weighted by molar-refractivity contribution is 9.10. The van der Waals surface area contributed by atoms with Gasteiger partial charge in [-0.05, 0) is 53.7 Å². The van der Waals surface area contributed by atoms with Crippen LogP contribution in [0.1, 0.15) is 36.2 Å². The van der Waals surface area contributed by atoms with Crippen LogP contribution < -0.4 is 5.32 Å². The van der Waals surface area contributed by atoms with Gasteiger partial charge in [0, 0.05) is 10.9 Å². The van der Waals surface area contributed by atoms with E-state index in [9.17, 15) is 4.79 Å². The summed E-state index contributed by atoms with van der Waals surface area (Å²) in [5, 5.41) is 2.99. The third-order valence-electron chi connectivity index (χ3n) is 2.79. The normalized spacial score (nSPS) is 25.4. The number of nitrogens with one attached hydrogen (secondary N) is 1. The van der Waals surface area contributed by atoms with Crippen molar-refractivity contribution in [2.24, 2.45) is 0 Å². The number of hydrogen-bond acceptors (Lipinski definition) is 2. The first-order chi connectivity index (χ1) is 7.65. The van der Waals surface area contributed by atoms with E-state index in [1.165, 1.54) is 0 Å². The van der Waals surface area contributed by atoms with Gasteiger partial charge in [0.1, 0.15) is 0 Å². The number of rotatable bonds is 2. The Balaban J connectivity index is 1.88. The Morgan fingerprint density at radius 2 is 2.00 bits per heavy atom. The molecule has 1 N–H and O–H groups in total. The molecule has 0 radical (unpaired) electrons. The number of hydrogen-bond donors (Lipinski definition) is 1. The molecule has 0 spiro atoms. The van der Waals surface area contributed by atoms with Crippen molar-refractivity contribution < 1.29 is 9.21 Å². The van der Waals surface area contributed by atoms with Crippen molar-refractivity contribution in [1.29, 1.82) is 0 Å². The lowest BCUT2D eigenvalue weighted by Gasteiger charge is -2.25. The summed E-state index contributed by atoms with van der Waals surface area (Å²) >= 11 is 6.77. The fourth-order valence-corrected chi connectivity index (χ4v) is 2.73. The van der Waals surface area contributed by atoms with Crippen molar-refractivity contribution in [3.8, 4) is 0 Å². The fraction of sp³-hybridized carbons (Fsp3) is 0.545. The summed E-state index contributed by atoms with van der Waals surface area (Å²) in [7, 11) is 0. The van der Waals surface area contributed by atoms with Gasteiger partial charge in [0.2, 0.25) is 0 Å². The van der Waals surface area contributed by atoms with Gasteiger partial charge in [0.15, 0.2) is 10.4 Å². The molecule has 16 heavy (non-hydrogen) atoms. The molecule has 0 bridgehead atoms. The summed E-state index contributed by atoms with van der Waals surface area (Å²) < 4.78 is 5.79. The minimum absolute atomic E-state index is 0.122. The van der Waals surface area contributed by atoms with Crippen LogP contribution in [0.15, 0.2) is 21.2 Å². The summed E-state index contributed by atoms with van der Waals surface area (Å²) in [5.74, 6) is 0.247. The number of carbonyl (C=O) groups excluding carboxylic acids is 1. The first-order valence-electron chi connectivity index (χ1n) is 5.35. The first kappa shape index (κ1) is 12.2. The lowest BCUT2D eigenvalue weighted by molar-refractivity contribution is 0.0899. The second-order valence-electron chi connectivity index (χ2n) is 4.03. The molecule has 0 atom stereocenters. The van der Waals surface area contributed by atoms with Crippen molar-refractivity contribution in [2.75, 3.05) is 0 Å². The largest absolute Gasteiger partial charge is 0.444 e. The topological polar surface area (TPSA) is 42.2 Å². The lowest BCUT2D eigenvalue weighted by Crippen LogP contribution is -2.37. The monoisotopic (exact) mass is 349 g/mol. The Bertz CT molecular complexity index is 370. The summed E-state index contributed by atoms with van der Waals surface area (Å²) in [6.45, 7) is 0. The van der Waals surface area contributed by atoms with Gasteiger partial charge < -0.3 is 9.73 Å². The molecule has 0 unspecified atom stereocenters. The minimum atomic E-state index is -0.122. The van der Waals surface area contributed by atoms with Gasteiger partial charge in [-0.2, -0.15) is 0 Å². The standard InChI is InChI=1S/C11H13Br2NO2/c12-7-1-3-8(4-2-7)14-11(15)9-5-6-10(13)16-9/h5-8H,1-4H2,(H,14,15). The second kappa shape index (κ2) is 5.36. The van der Waals surface area contributed by atoms with Gasteiger partial charge in [-0.25, -0.2) is 0 Å². The van der Waals surface area contributed by atoms with Crippen LogP contribution in [0.4, 0.5) is 0 Å². The molecular formula is C11H13Br2NO2. The number of furan rings is 1. The van der Waals surface area contributed by atoms with E-state index in [-0.39, 0.29) is 11.9 Å². The van der Waals surface area contributed by atoms with E-state index >= 15 is 0 Å². The van der Waals surface area contributed by atoms with E-state index in [1.54, 1.807) is 12.1 Å². The van der Waals surface area contributed by atoms with Gasteiger partial charge in [-0.15, -0.1) is 0 Å². The molecule has 1 heterocycles. The summed E-state index contributed by atoms with van der Waals surface area (Å²) in [4.78, 5) is 12.4. The second-order valence-corrected chi connectivity index (χ2v) is 6.10. The maximum absolute atomic E-state index is 11.8. The quantitative estimate of drug-likeness (QED) is 0.830. The van der Waals surface area contributed by atoms with E-state index in [2.05, 4.69) is 37.2 Å². The number of amides is 1. The molecule has 0 aliphatic heterocycles. The van der Waals surface area contributed by atoms with Crippen molar-refractivity contribution in [3.05, 3.63) is 22.6 Å². The maximum atomic E-state index is 11.8. The average molecular weight is 351 g/mol. The van der Waals surface area contributed by atoms with Crippen LogP contribution in [-0.2, 0) is 0 Å². The molecule has 1 amide bonds. The van der Waals surface area contributed by atoms with Gasteiger partial charge in [0.05, 0.1) is 0 Å². The van der Waals surface area contributed by atoms with Crippen molar-refractivity contribution >= 4 is 37.8 Å². The number of carbonyl (C=O) groups is 1. The Morgan fingerprint density at radius 3 is 2.56 bits per heavy atom. The molecule has 0 saturated heterocycles. The zero-order valence-electron chi connectivity index (χ0n) is 8.71. The van der Waals surface area contributed by atoms with E-state index in [4.69, 9.17) is 4.42 Å². The van der Waals surface area contributed by atoms with Crippen LogP contribution in [0.5, 0.6) is 0 Å². The molecule has 3 nitrogen and oxygen atoms in total. The zero-order valence-corrected chi connectivity index (χ0v) is 11.9. The molecule has 2 rings (SSSR count). The third-order valence-corrected chi connectivity index (χ3v) is 4.13. The van der Waals surface area contributed by atoms with Crippen LogP contribution in [0.3, 0.4) is 0 Å². The molecule has 5 heteroatoms. The Hall–Kier alpha value is -0.290. The summed E-state index contributed by atoms with van der Waals surface area (Å²) in [5.41, 5.74) is 0. The molecule has 1 saturated carbocycles. The van der Waals surface area contributed by atoms with Gasteiger partial charge in [0.25, 0.3) is 5.91 Å². The van der Waals surface area contributed by atoms with Crippen molar-refractivity contribution in [2.45, 2.75) is 36.6 Å². The third kappa shape index (κ3) is 3.10. The van der Waals surface area contributed by atoms with Gasteiger partial charge in [-0.3, -0.25) is 4.79 Å². The lowest BCUT2D eigenvalue weighted by atomic mass is 9.95. The minimum Gasteiger partial charge on any atom is -0.444 e. The smallest absolute Gasteiger partial charge is 0.287 e. The van der Waals surface area contributed by atoms with Crippen LogP contribution >= 0.6 is 31.9 Å². The van der Waals surface area contributed by atoms with Gasteiger partial charge in [-0.1, -0.05) is 15.9 Å². The van der Waals surface area contributed by atoms with E-state index < -0.39 is 0 Å². The predicted octanol–water partition coefficient (Wildman–Crippen LogP) is 3.48.